The molecular formula is C8H13N3O3. The van der Waals surface area contributed by atoms with Crippen molar-refractivity contribution in [1.82, 2.24) is 10.7 Å². The molecule has 1 rings (SSSR count). The highest BCUT2D eigenvalue weighted by Gasteiger charge is 2.18. The van der Waals surface area contributed by atoms with Crippen LogP contribution >= 0.6 is 0 Å². The van der Waals surface area contributed by atoms with Gasteiger partial charge in [0.2, 0.25) is 5.91 Å². The first kappa shape index (κ1) is 10.6. The number of hydrogen-bond donors (Lipinski definition) is 3. The quantitative estimate of drug-likeness (QED) is 0.530. The van der Waals surface area contributed by atoms with Crippen LogP contribution in [0.1, 0.15) is 19.8 Å². The van der Waals surface area contributed by atoms with Gasteiger partial charge in [-0.15, -0.1) is 0 Å². The summed E-state index contributed by atoms with van der Waals surface area (Å²) in [4.78, 5) is 22.1. The summed E-state index contributed by atoms with van der Waals surface area (Å²) >= 11 is 0. The molecule has 0 aliphatic carbocycles. The van der Waals surface area contributed by atoms with Gasteiger partial charge in [-0.3, -0.25) is 9.59 Å². The Kier molecular flexibility index (Phi) is 3.58. The van der Waals surface area contributed by atoms with E-state index in [4.69, 9.17) is 5.11 Å². The highest BCUT2D eigenvalue weighted by Crippen LogP contribution is 1.99. The van der Waals surface area contributed by atoms with Crippen molar-refractivity contribution in [1.29, 1.82) is 0 Å². The number of nitrogens with zero attached hydrogens (tertiary/aromatic N) is 1. The molecule has 0 radical (unpaired) electrons. The van der Waals surface area contributed by atoms with Crippen LogP contribution in [0.15, 0.2) is 5.10 Å². The molecule has 14 heavy (non-hydrogen) atoms. The molecule has 6 nitrogen and oxygen atoms in total. The summed E-state index contributed by atoms with van der Waals surface area (Å²) in [7, 11) is 0. The van der Waals surface area contributed by atoms with Gasteiger partial charge in [-0.2, -0.15) is 5.10 Å². The number of rotatable bonds is 3. The summed E-state index contributed by atoms with van der Waals surface area (Å²) in [6.45, 7) is 1.56. The molecular weight excluding hydrogens is 186 g/mol. The second-order valence-corrected chi connectivity index (χ2v) is 3.15. The molecule has 1 aliphatic heterocycles. The van der Waals surface area contributed by atoms with Gasteiger partial charge in [0.1, 0.15) is 5.71 Å². The number of carbonyl (C=O) groups is 2. The molecule has 0 spiro atoms. The van der Waals surface area contributed by atoms with E-state index in [2.05, 4.69) is 15.8 Å². The lowest BCUT2D eigenvalue weighted by Gasteiger charge is -2.14. The van der Waals surface area contributed by atoms with Crippen LogP contribution in [0.3, 0.4) is 0 Å². The SMILES string of the molecule is C[C@H](CO)NC(=O)C1=NNC(=O)CC1. The van der Waals surface area contributed by atoms with Crippen molar-refractivity contribution in [2.24, 2.45) is 5.10 Å². The minimum absolute atomic E-state index is 0.120. The minimum atomic E-state index is -0.341. The normalized spacial score (nSPS) is 18.1. The van der Waals surface area contributed by atoms with Gasteiger partial charge in [-0.05, 0) is 6.92 Å². The van der Waals surface area contributed by atoms with Gasteiger partial charge in [0.25, 0.3) is 5.91 Å². The molecule has 3 N–H and O–H groups in total. The van der Waals surface area contributed by atoms with E-state index in [0.29, 0.717) is 12.1 Å². The summed E-state index contributed by atoms with van der Waals surface area (Å²) < 4.78 is 0. The van der Waals surface area contributed by atoms with Gasteiger partial charge in [0, 0.05) is 18.9 Å². The van der Waals surface area contributed by atoms with Gasteiger partial charge in [0.05, 0.1) is 6.61 Å². The molecule has 1 atom stereocenters. The number of aliphatic hydroxyl groups excluding tert-OH is 1. The van der Waals surface area contributed by atoms with E-state index in [1.54, 1.807) is 6.92 Å². The number of hydrogen-bond acceptors (Lipinski definition) is 4. The first-order chi connectivity index (χ1) is 6.63. The Balaban J connectivity index is 2.49. The Bertz CT molecular complexity index is 275. The highest BCUT2D eigenvalue weighted by molar-refractivity contribution is 6.39. The molecule has 0 aromatic rings. The fraction of sp³-hybridized carbons (Fsp3) is 0.625. The molecule has 0 bridgehead atoms. The molecule has 78 valence electrons. The summed E-state index contributed by atoms with van der Waals surface area (Å²) in [5.74, 6) is -0.525. The van der Waals surface area contributed by atoms with E-state index >= 15 is 0 Å². The molecule has 0 aromatic carbocycles. The monoisotopic (exact) mass is 199 g/mol. The topological polar surface area (TPSA) is 90.8 Å². The highest BCUT2D eigenvalue weighted by atomic mass is 16.3. The Hall–Kier alpha value is -1.43. The fourth-order valence-corrected chi connectivity index (χ4v) is 0.991. The van der Waals surface area contributed by atoms with E-state index in [-0.39, 0.29) is 30.9 Å². The maximum Gasteiger partial charge on any atom is 0.267 e. The van der Waals surface area contributed by atoms with Crippen LogP contribution in [0.4, 0.5) is 0 Å². The van der Waals surface area contributed by atoms with Crippen LogP contribution in [-0.4, -0.2) is 35.3 Å². The zero-order valence-electron chi connectivity index (χ0n) is 7.91. The van der Waals surface area contributed by atoms with Gasteiger partial charge in [-0.25, -0.2) is 5.43 Å². The molecule has 1 heterocycles. The van der Waals surface area contributed by atoms with Gasteiger partial charge in [-0.1, -0.05) is 0 Å². The first-order valence-electron chi connectivity index (χ1n) is 4.40. The molecule has 0 fully saturated rings. The van der Waals surface area contributed by atoms with E-state index in [1.165, 1.54) is 0 Å². The van der Waals surface area contributed by atoms with Crippen molar-refractivity contribution in [3.63, 3.8) is 0 Å². The standard InChI is InChI=1S/C8H13N3O3/c1-5(4-12)9-8(14)6-2-3-7(13)11-10-6/h5,12H,2-4H2,1H3,(H,9,14)(H,11,13)/t5-/m1/s1. The zero-order chi connectivity index (χ0) is 10.6. The lowest BCUT2D eigenvalue weighted by Crippen LogP contribution is -2.42. The maximum atomic E-state index is 11.4. The van der Waals surface area contributed by atoms with E-state index < -0.39 is 0 Å². The van der Waals surface area contributed by atoms with E-state index in [0.717, 1.165) is 0 Å². The lowest BCUT2D eigenvalue weighted by molar-refractivity contribution is -0.121. The molecule has 1 aliphatic rings. The van der Waals surface area contributed by atoms with Gasteiger partial charge >= 0.3 is 0 Å². The summed E-state index contributed by atoms with van der Waals surface area (Å²) in [6, 6.07) is -0.303. The molecule has 0 aromatic heterocycles. The Morgan fingerprint density at radius 2 is 2.43 bits per heavy atom. The maximum absolute atomic E-state index is 11.4. The molecule has 0 saturated carbocycles. The van der Waals surface area contributed by atoms with Crippen LogP contribution < -0.4 is 10.7 Å². The predicted molar refractivity (Wildman–Crippen MR) is 49.5 cm³/mol. The molecule has 0 saturated heterocycles. The third-order valence-corrected chi connectivity index (χ3v) is 1.82. The second-order valence-electron chi connectivity index (χ2n) is 3.15. The van der Waals surface area contributed by atoms with E-state index in [9.17, 15) is 9.59 Å². The summed E-state index contributed by atoms with van der Waals surface area (Å²) in [5, 5.41) is 14.9. The number of amides is 2. The van der Waals surface area contributed by atoms with Crippen LogP contribution in [0.5, 0.6) is 0 Å². The van der Waals surface area contributed by atoms with Gasteiger partial charge in [0.15, 0.2) is 0 Å². The van der Waals surface area contributed by atoms with Crippen molar-refractivity contribution in [2.45, 2.75) is 25.8 Å². The average molecular weight is 199 g/mol. The Morgan fingerprint density at radius 1 is 1.71 bits per heavy atom. The smallest absolute Gasteiger partial charge is 0.267 e. The number of hydrazone groups is 1. The number of aliphatic hydroxyl groups is 1. The fourth-order valence-electron chi connectivity index (χ4n) is 0.991. The lowest BCUT2D eigenvalue weighted by atomic mass is 10.1. The Labute approximate surface area is 81.4 Å². The summed E-state index contributed by atoms with van der Waals surface area (Å²) in [5.41, 5.74) is 2.53. The number of carbonyl (C=O) groups excluding carboxylic acids is 2. The Morgan fingerprint density at radius 3 is 2.93 bits per heavy atom. The second kappa shape index (κ2) is 4.71. The van der Waals surface area contributed by atoms with Crippen molar-refractivity contribution < 1.29 is 14.7 Å². The molecule has 2 amide bonds. The van der Waals surface area contributed by atoms with Crippen LogP contribution in [0, 0.1) is 0 Å². The van der Waals surface area contributed by atoms with Crippen molar-refractivity contribution in [3.05, 3.63) is 0 Å². The minimum Gasteiger partial charge on any atom is -0.394 e. The molecule has 0 unspecified atom stereocenters. The largest absolute Gasteiger partial charge is 0.394 e. The predicted octanol–water partition coefficient (Wildman–Crippen LogP) is -1.25. The van der Waals surface area contributed by atoms with Crippen molar-refractivity contribution in [3.8, 4) is 0 Å². The third kappa shape index (κ3) is 2.81. The van der Waals surface area contributed by atoms with Crippen LogP contribution in [0.25, 0.3) is 0 Å². The summed E-state index contributed by atoms with van der Waals surface area (Å²) in [6.07, 6.45) is 0.621. The van der Waals surface area contributed by atoms with Crippen LogP contribution in [0.2, 0.25) is 0 Å². The van der Waals surface area contributed by atoms with Gasteiger partial charge < -0.3 is 10.4 Å². The zero-order valence-corrected chi connectivity index (χ0v) is 7.91. The van der Waals surface area contributed by atoms with Crippen molar-refractivity contribution in [2.75, 3.05) is 6.61 Å². The molecule has 6 heteroatoms. The average Bonchev–Trinajstić information content (AvgIpc) is 2.18. The third-order valence-electron chi connectivity index (χ3n) is 1.82. The van der Waals surface area contributed by atoms with Crippen LogP contribution in [-0.2, 0) is 9.59 Å². The first-order valence-corrected chi connectivity index (χ1v) is 4.40. The number of nitrogens with one attached hydrogen (secondary N) is 2. The van der Waals surface area contributed by atoms with E-state index in [1.807, 2.05) is 0 Å². The van der Waals surface area contributed by atoms with Crippen molar-refractivity contribution >= 4 is 17.5 Å².